The minimum atomic E-state index is -0.506. The van der Waals surface area contributed by atoms with Crippen LogP contribution in [0.1, 0.15) is 54.9 Å². The van der Waals surface area contributed by atoms with Crippen LogP contribution in [0.3, 0.4) is 0 Å². The van der Waals surface area contributed by atoms with Gasteiger partial charge in [-0.15, -0.1) is 0 Å². The monoisotopic (exact) mass is 369 g/mol. The van der Waals surface area contributed by atoms with Crippen molar-refractivity contribution >= 4 is 12.1 Å². The Morgan fingerprint density at radius 3 is 2.42 bits per heavy atom. The fourth-order valence-corrected chi connectivity index (χ4v) is 2.85. The predicted molar refractivity (Wildman–Crippen MR) is 108 cm³/mol. The molecule has 3 N–H and O–H groups in total. The highest BCUT2D eigenvalue weighted by molar-refractivity contribution is 5.79. The van der Waals surface area contributed by atoms with E-state index in [0.29, 0.717) is 12.5 Å². The lowest BCUT2D eigenvalue weighted by molar-refractivity contribution is 0.0476. The van der Waals surface area contributed by atoms with E-state index in [0.717, 1.165) is 32.1 Å². The molecule has 1 amide bonds. The summed E-state index contributed by atoms with van der Waals surface area (Å²) in [5.74, 6) is 1.45. The van der Waals surface area contributed by atoms with E-state index in [1.54, 1.807) is 0 Å². The van der Waals surface area contributed by atoms with Gasteiger partial charge in [-0.05, 0) is 67.0 Å². The molecule has 0 saturated carbocycles. The number of aliphatic imine (C=N–C) groups is 1. The number of likely N-dealkylation sites (tertiary alicyclic amines) is 1. The smallest absolute Gasteiger partial charge is 0.408 e. The van der Waals surface area contributed by atoms with E-state index in [1.165, 1.54) is 13.0 Å². The molecule has 0 radical (unpaired) electrons. The van der Waals surface area contributed by atoms with Gasteiger partial charge in [0.1, 0.15) is 5.60 Å². The first-order chi connectivity index (χ1) is 12.0. The van der Waals surface area contributed by atoms with Gasteiger partial charge in [-0.2, -0.15) is 0 Å². The molecule has 26 heavy (non-hydrogen) atoms. The molecule has 152 valence electrons. The molecule has 0 aliphatic carbocycles. The first-order valence-corrected chi connectivity index (χ1v) is 9.80. The molecule has 1 rings (SSSR count). The van der Waals surface area contributed by atoms with Gasteiger partial charge in [-0.1, -0.05) is 6.92 Å². The number of carbonyl (C=O) groups is 1. The van der Waals surface area contributed by atoms with Crippen molar-refractivity contribution in [1.82, 2.24) is 20.9 Å². The van der Waals surface area contributed by atoms with Crippen molar-refractivity contribution in [3.8, 4) is 0 Å². The highest BCUT2D eigenvalue weighted by Crippen LogP contribution is 2.14. The molecular formula is C19H39N5O2. The first-order valence-electron chi connectivity index (χ1n) is 9.80. The zero-order valence-corrected chi connectivity index (χ0v) is 17.7. The van der Waals surface area contributed by atoms with Crippen LogP contribution in [0.4, 0.5) is 4.79 Å². The lowest BCUT2D eigenvalue weighted by atomic mass is 10.1. The summed E-state index contributed by atoms with van der Waals surface area (Å²) in [7, 11) is 0. The minimum absolute atomic E-state index is 0.415. The SMILES string of the molecule is CCNC(=NCC(C)(C)NC(=O)OC(C)(C)C)NCC1CCN(CC)C1. The third-order valence-electron chi connectivity index (χ3n) is 4.19. The maximum atomic E-state index is 12.0. The van der Waals surface area contributed by atoms with Gasteiger partial charge in [0.15, 0.2) is 5.96 Å². The van der Waals surface area contributed by atoms with Crippen LogP contribution in [0.15, 0.2) is 4.99 Å². The number of rotatable bonds is 7. The van der Waals surface area contributed by atoms with Crippen molar-refractivity contribution in [2.75, 3.05) is 39.3 Å². The molecule has 1 saturated heterocycles. The fourth-order valence-electron chi connectivity index (χ4n) is 2.85. The van der Waals surface area contributed by atoms with E-state index in [-0.39, 0.29) is 0 Å². The number of hydrogen-bond donors (Lipinski definition) is 3. The minimum Gasteiger partial charge on any atom is -0.444 e. The maximum Gasteiger partial charge on any atom is 0.408 e. The van der Waals surface area contributed by atoms with Gasteiger partial charge < -0.3 is 25.6 Å². The number of ether oxygens (including phenoxy) is 1. The van der Waals surface area contributed by atoms with Gasteiger partial charge in [0.05, 0.1) is 12.1 Å². The van der Waals surface area contributed by atoms with Crippen LogP contribution in [0.5, 0.6) is 0 Å². The molecule has 1 atom stereocenters. The molecule has 0 aromatic rings. The van der Waals surface area contributed by atoms with Crippen LogP contribution in [0.25, 0.3) is 0 Å². The van der Waals surface area contributed by atoms with Crippen molar-refractivity contribution in [2.45, 2.75) is 66.0 Å². The molecule has 0 spiro atoms. The van der Waals surface area contributed by atoms with E-state index in [2.05, 4.69) is 39.7 Å². The summed E-state index contributed by atoms with van der Waals surface area (Å²) in [5, 5.41) is 9.61. The summed E-state index contributed by atoms with van der Waals surface area (Å²) < 4.78 is 5.33. The number of nitrogens with zero attached hydrogens (tertiary/aromatic N) is 2. The molecule has 1 fully saturated rings. The molecule has 1 aliphatic heterocycles. The summed E-state index contributed by atoms with van der Waals surface area (Å²) in [6.45, 7) is 19.4. The van der Waals surface area contributed by atoms with Crippen LogP contribution in [0, 0.1) is 5.92 Å². The summed E-state index contributed by atoms with van der Waals surface area (Å²) in [5.41, 5.74) is -0.995. The van der Waals surface area contributed by atoms with E-state index in [4.69, 9.17) is 4.74 Å². The fraction of sp³-hybridized carbons (Fsp3) is 0.895. The highest BCUT2D eigenvalue weighted by atomic mass is 16.6. The number of carbonyl (C=O) groups excluding carboxylic acids is 1. The Balaban J connectivity index is 2.51. The zero-order valence-electron chi connectivity index (χ0n) is 17.7. The summed E-state index contributed by atoms with van der Waals surface area (Å²) >= 11 is 0. The van der Waals surface area contributed by atoms with Crippen molar-refractivity contribution in [3.63, 3.8) is 0 Å². The van der Waals surface area contributed by atoms with Crippen LogP contribution >= 0.6 is 0 Å². The Hall–Kier alpha value is -1.50. The normalized spacial score (nSPS) is 19.3. The van der Waals surface area contributed by atoms with Gasteiger partial charge in [-0.3, -0.25) is 4.99 Å². The number of nitrogens with one attached hydrogen (secondary N) is 3. The Morgan fingerprint density at radius 1 is 1.19 bits per heavy atom. The van der Waals surface area contributed by atoms with Gasteiger partial charge in [0, 0.05) is 19.6 Å². The molecule has 7 heteroatoms. The van der Waals surface area contributed by atoms with Gasteiger partial charge in [0.2, 0.25) is 0 Å². The number of guanidine groups is 1. The summed E-state index contributed by atoms with van der Waals surface area (Å²) in [6, 6.07) is 0. The molecule has 1 unspecified atom stereocenters. The molecule has 0 bridgehead atoms. The van der Waals surface area contributed by atoms with Crippen LogP contribution in [-0.4, -0.2) is 67.4 Å². The second kappa shape index (κ2) is 10.00. The Labute approximate surface area is 159 Å². The third-order valence-corrected chi connectivity index (χ3v) is 4.19. The van der Waals surface area contributed by atoms with Crippen molar-refractivity contribution < 1.29 is 9.53 Å². The lowest BCUT2D eigenvalue weighted by Gasteiger charge is -2.27. The van der Waals surface area contributed by atoms with E-state index in [1.807, 2.05) is 34.6 Å². The lowest BCUT2D eigenvalue weighted by Crippen LogP contribution is -2.49. The number of alkyl carbamates (subject to hydrolysis) is 1. The van der Waals surface area contributed by atoms with E-state index in [9.17, 15) is 4.79 Å². The third kappa shape index (κ3) is 9.27. The van der Waals surface area contributed by atoms with Crippen LogP contribution in [0.2, 0.25) is 0 Å². The van der Waals surface area contributed by atoms with E-state index >= 15 is 0 Å². The summed E-state index contributed by atoms with van der Waals surface area (Å²) in [6.07, 6.45) is 0.813. The largest absolute Gasteiger partial charge is 0.444 e. The highest BCUT2D eigenvalue weighted by Gasteiger charge is 2.25. The van der Waals surface area contributed by atoms with Crippen molar-refractivity contribution in [3.05, 3.63) is 0 Å². The zero-order chi connectivity index (χ0) is 19.8. The predicted octanol–water partition coefficient (Wildman–Crippen LogP) is 2.19. The van der Waals surface area contributed by atoms with E-state index < -0.39 is 17.2 Å². The summed E-state index contributed by atoms with van der Waals surface area (Å²) in [4.78, 5) is 19.1. The second-order valence-electron chi connectivity index (χ2n) is 8.63. The average molecular weight is 370 g/mol. The molecular weight excluding hydrogens is 330 g/mol. The van der Waals surface area contributed by atoms with Gasteiger partial charge in [-0.25, -0.2) is 4.79 Å². The standard InChI is InChI=1S/C19H39N5O2/c1-8-20-16(21-12-15-10-11-24(9-2)13-15)22-14-19(6,7)23-17(25)26-18(3,4)5/h15H,8-14H2,1-7H3,(H,23,25)(H2,20,21,22). The molecule has 1 aliphatic rings. The second-order valence-corrected chi connectivity index (χ2v) is 8.63. The average Bonchev–Trinajstić information content (AvgIpc) is 2.95. The topological polar surface area (TPSA) is 78.0 Å². The molecule has 0 aromatic heterocycles. The Kier molecular flexibility index (Phi) is 8.67. The quantitative estimate of drug-likeness (QED) is 0.474. The molecule has 7 nitrogen and oxygen atoms in total. The van der Waals surface area contributed by atoms with Crippen molar-refractivity contribution in [2.24, 2.45) is 10.9 Å². The molecule has 0 aromatic carbocycles. The maximum absolute atomic E-state index is 12.0. The van der Waals surface area contributed by atoms with Crippen molar-refractivity contribution in [1.29, 1.82) is 0 Å². The van der Waals surface area contributed by atoms with Crippen LogP contribution < -0.4 is 16.0 Å². The Bertz CT molecular complexity index is 471. The van der Waals surface area contributed by atoms with Gasteiger partial charge >= 0.3 is 6.09 Å². The van der Waals surface area contributed by atoms with Crippen LogP contribution in [-0.2, 0) is 4.74 Å². The number of amides is 1. The number of hydrogen-bond acceptors (Lipinski definition) is 4. The van der Waals surface area contributed by atoms with Gasteiger partial charge in [0.25, 0.3) is 0 Å². The first kappa shape index (κ1) is 22.5. The molecule has 1 heterocycles. The Morgan fingerprint density at radius 2 is 1.88 bits per heavy atom.